The third-order valence-electron chi connectivity index (χ3n) is 6.37. The van der Waals surface area contributed by atoms with Gasteiger partial charge in [0.1, 0.15) is 0 Å². The van der Waals surface area contributed by atoms with Crippen molar-refractivity contribution in [2.75, 3.05) is 0 Å². The van der Waals surface area contributed by atoms with Gasteiger partial charge in [-0.2, -0.15) is 0 Å². The Labute approximate surface area is 212 Å². The van der Waals surface area contributed by atoms with Crippen LogP contribution in [0.1, 0.15) is 56.1 Å². The fourth-order valence-electron chi connectivity index (χ4n) is 3.88. The van der Waals surface area contributed by atoms with Gasteiger partial charge in [0, 0.05) is 30.6 Å². The van der Waals surface area contributed by atoms with Crippen LogP contribution in [0, 0.1) is 5.92 Å². The fraction of sp³-hybridized carbons (Fsp3) is 0.258. The zero-order valence-electron chi connectivity index (χ0n) is 20.5. The van der Waals surface area contributed by atoms with E-state index in [0.29, 0.717) is 5.92 Å². The number of hydrogen-bond donors (Lipinski definition) is 0. The summed E-state index contributed by atoms with van der Waals surface area (Å²) in [4.78, 5) is 16.5. The Morgan fingerprint density at radius 2 is 1.26 bits per heavy atom. The molecule has 1 nitrogen and oxygen atoms in total. The molecular weight excluding hydrogens is 452 g/mol. The number of allylic oxidation sites excluding steroid dienone is 3. The Morgan fingerprint density at radius 3 is 1.79 bits per heavy atom. The number of benzene rings is 3. The van der Waals surface area contributed by atoms with Crippen LogP contribution in [0.2, 0.25) is 0 Å². The summed E-state index contributed by atoms with van der Waals surface area (Å²) in [5.74, 6) is 0.557. The minimum absolute atomic E-state index is 0.0627. The molecule has 0 radical (unpaired) electrons. The van der Waals surface area contributed by atoms with E-state index in [1.807, 2.05) is 48.2 Å². The number of hydrogen-bond acceptors (Lipinski definition) is 3. The lowest BCUT2D eigenvalue weighted by Crippen LogP contribution is -2.26. The zero-order valence-corrected chi connectivity index (χ0v) is 22.2. The topological polar surface area (TPSA) is 17.1 Å². The molecule has 1 aliphatic carbocycles. The first-order valence-electron chi connectivity index (χ1n) is 11.7. The van der Waals surface area contributed by atoms with Crippen molar-refractivity contribution < 1.29 is 4.79 Å². The Kier molecular flexibility index (Phi) is 7.25. The molecule has 2 unspecified atom stereocenters. The van der Waals surface area contributed by atoms with E-state index in [9.17, 15) is 4.79 Å². The highest BCUT2D eigenvalue weighted by atomic mass is 32.2. The molecular formula is C31H32OS2. The molecule has 0 aromatic heterocycles. The third-order valence-corrected chi connectivity index (χ3v) is 8.84. The second-order valence-corrected chi connectivity index (χ2v) is 12.8. The van der Waals surface area contributed by atoms with Crippen LogP contribution >= 0.6 is 23.5 Å². The summed E-state index contributed by atoms with van der Waals surface area (Å²) in [6.45, 7) is 11.1. The molecule has 0 saturated carbocycles. The minimum Gasteiger partial charge on any atom is -0.289 e. The Balaban J connectivity index is 1.39. The monoisotopic (exact) mass is 484 g/mol. The van der Waals surface area contributed by atoms with E-state index in [1.54, 1.807) is 11.8 Å². The Hall–Kier alpha value is -2.49. The molecule has 3 aromatic carbocycles. The number of carbonyl (C=O) groups excluding carboxylic acids is 1. The van der Waals surface area contributed by atoms with Crippen LogP contribution in [0.3, 0.4) is 0 Å². The van der Waals surface area contributed by atoms with Gasteiger partial charge < -0.3 is 0 Å². The minimum atomic E-state index is 0.0627. The summed E-state index contributed by atoms with van der Waals surface area (Å²) in [5, 5.41) is 0. The van der Waals surface area contributed by atoms with Crippen molar-refractivity contribution in [3.8, 4) is 0 Å². The SMILES string of the molecule is CC1C=CC=CC1(C)Sc1ccc(Sc2ccc(C(=O)c3ccc(C(C)(C)C)cc3)cc2)cc1. The van der Waals surface area contributed by atoms with Crippen molar-refractivity contribution in [2.45, 2.75) is 59.5 Å². The smallest absolute Gasteiger partial charge is 0.193 e. The van der Waals surface area contributed by atoms with E-state index in [0.717, 1.165) is 16.0 Å². The van der Waals surface area contributed by atoms with Gasteiger partial charge in [-0.1, -0.05) is 88.0 Å². The molecule has 0 saturated heterocycles. The first-order valence-corrected chi connectivity index (χ1v) is 13.4. The molecule has 3 aromatic rings. The lowest BCUT2D eigenvalue weighted by molar-refractivity contribution is 0.103. The van der Waals surface area contributed by atoms with Crippen LogP contribution in [-0.2, 0) is 5.41 Å². The van der Waals surface area contributed by atoms with Gasteiger partial charge in [-0.05, 0) is 72.4 Å². The molecule has 0 heterocycles. The lowest BCUT2D eigenvalue weighted by atomic mass is 9.86. The van der Waals surface area contributed by atoms with Gasteiger partial charge in [-0.3, -0.25) is 4.79 Å². The van der Waals surface area contributed by atoms with Crippen LogP contribution in [0.25, 0.3) is 0 Å². The average Bonchev–Trinajstić information content (AvgIpc) is 2.82. The van der Waals surface area contributed by atoms with Gasteiger partial charge >= 0.3 is 0 Å². The molecule has 0 spiro atoms. The van der Waals surface area contributed by atoms with E-state index >= 15 is 0 Å². The summed E-state index contributed by atoms with van der Waals surface area (Å²) in [7, 11) is 0. The van der Waals surface area contributed by atoms with Crippen molar-refractivity contribution in [1.29, 1.82) is 0 Å². The predicted octanol–water partition coefficient (Wildman–Crippen LogP) is 8.98. The molecule has 0 fully saturated rings. The molecule has 0 amide bonds. The van der Waals surface area contributed by atoms with Gasteiger partial charge in [0.15, 0.2) is 5.78 Å². The first-order chi connectivity index (χ1) is 16.1. The molecule has 0 bridgehead atoms. The van der Waals surface area contributed by atoms with Crippen LogP contribution in [0.15, 0.2) is 112 Å². The van der Waals surface area contributed by atoms with Crippen LogP contribution in [-0.4, -0.2) is 10.5 Å². The molecule has 4 rings (SSSR count). The normalized spacial score (nSPS) is 19.9. The fourth-order valence-corrected chi connectivity index (χ4v) is 5.88. The number of ketones is 1. The summed E-state index contributed by atoms with van der Waals surface area (Å²) < 4.78 is 0.0822. The summed E-state index contributed by atoms with van der Waals surface area (Å²) >= 11 is 3.63. The van der Waals surface area contributed by atoms with Crippen molar-refractivity contribution in [3.63, 3.8) is 0 Å². The van der Waals surface area contributed by atoms with E-state index in [1.165, 1.54) is 15.4 Å². The van der Waals surface area contributed by atoms with E-state index in [-0.39, 0.29) is 15.9 Å². The standard InChI is InChI=1S/C31H32OS2/c1-22-8-6-7-21-31(22,5)34-28-19-17-27(18-20-28)33-26-15-11-24(12-16-26)29(32)23-9-13-25(14-10-23)30(2,3)4/h6-22H,1-5H3. The molecule has 34 heavy (non-hydrogen) atoms. The molecule has 2 atom stereocenters. The van der Waals surface area contributed by atoms with Crippen LogP contribution in [0.4, 0.5) is 0 Å². The lowest BCUT2D eigenvalue weighted by Gasteiger charge is -2.32. The van der Waals surface area contributed by atoms with E-state index in [2.05, 4.69) is 95.3 Å². The zero-order chi connectivity index (χ0) is 24.3. The maximum absolute atomic E-state index is 12.9. The number of carbonyl (C=O) groups is 1. The maximum Gasteiger partial charge on any atom is 0.193 e. The van der Waals surface area contributed by atoms with Crippen molar-refractivity contribution in [3.05, 3.63) is 114 Å². The van der Waals surface area contributed by atoms with Crippen molar-refractivity contribution in [2.24, 2.45) is 5.92 Å². The van der Waals surface area contributed by atoms with Crippen LogP contribution in [0.5, 0.6) is 0 Å². The molecule has 0 N–H and O–H groups in total. The molecule has 3 heteroatoms. The number of rotatable bonds is 6. The van der Waals surface area contributed by atoms with Crippen molar-refractivity contribution in [1.82, 2.24) is 0 Å². The van der Waals surface area contributed by atoms with Gasteiger partial charge in [-0.15, -0.1) is 11.8 Å². The predicted molar refractivity (Wildman–Crippen MR) is 147 cm³/mol. The Bertz CT molecular complexity index is 1200. The highest BCUT2D eigenvalue weighted by Gasteiger charge is 2.29. The number of thioether (sulfide) groups is 1. The second kappa shape index (κ2) is 10.0. The highest BCUT2D eigenvalue weighted by Crippen LogP contribution is 2.42. The van der Waals surface area contributed by atoms with Gasteiger partial charge in [-0.25, -0.2) is 0 Å². The van der Waals surface area contributed by atoms with Gasteiger partial charge in [0.05, 0.1) is 0 Å². The summed E-state index contributed by atoms with van der Waals surface area (Å²) in [5.41, 5.74) is 2.76. The largest absolute Gasteiger partial charge is 0.289 e. The molecule has 1 aliphatic rings. The first kappa shape index (κ1) is 24.6. The second-order valence-electron chi connectivity index (χ2n) is 10.1. The van der Waals surface area contributed by atoms with E-state index < -0.39 is 0 Å². The van der Waals surface area contributed by atoms with Gasteiger partial charge in [0.2, 0.25) is 0 Å². The Morgan fingerprint density at radius 1 is 0.765 bits per heavy atom. The maximum atomic E-state index is 12.9. The summed E-state index contributed by atoms with van der Waals surface area (Å²) in [6.07, 6.45) is 8.85. The quantitative estimate of drug-likeness (QED) is 0.325. The van der Waals surface area contributed by atoms with Crippen LogP contribution < -0.4 is 0 Å². The van der Waals surface area contributed by atoms with E-state index in [4.69, 9.17) is 0 Å². The average molecular weight is 485 g/mol. The van der Waals surface area contributed by atoms with Gasteiger partial charge in [0.25, 0.3) is 0 Å². The highest BCUT2D eigenvalue weighted by molar-refractivity contribution is 8.01. The molecule has 0 aliphatic heterocycles. The van der Waals surface area contributed by atoms with Crippen molar-refractivity contribution >= 4 is 29.3 Å². The molecule has 174 valence electrons. The third kappa shape index (κ3) is 5.76. The summed E-state index contributed by atoms with van der Waals surface area (Å²) in [6, 6.07) is 24.7.